The quantitative estimate of drug-likeness (QED) is 0.699. The summed E-state index contributed by atoms with van der Waals surface area (Å²) < 4.78 is 22.3. The molecule has 10 heteroatoms. The molecule has 0 unspecified atom stereocenters. The predicted molar refractivity (Wildman–Crippen MR) is 91.5 cm³/mol. The number of hydrogen-bond donors (Lipinski definition) is 3. The molecular weight excluding hydrogens is 377 g/mol. The summed E-state index contributed by atoms with van der Waals surface area (Å²) in [7, 11) is -3.83. The predicted octanol–water partition coefficient (Wildman–Crippen LogP) is 2.22. The van der Waals surface area contributed by atoms with Gasteiger partial charge in [-0.1, -0.05) is 23.2 Å². The molecule has 0 spiro atoms. The molecule has 126 valence electrons. The number of carbonyl (C=O) groups excluding carboxylic acids is 2. The Balaban J connectivity index is 2.05. The van der Waals surface area contributed by atoms with Gasteiger partial charge in [0.05, 0.1) is 15.6 Å². The Bertz CT molecular complexity index is 899. The number of rotatable bonds is 3. The molecule has 0 aliphatic heterocycles. The molecule has 0 radical (unpaired) electrons. The van der Waals surface area contributed by atoms with Gasteiger partial charge in [-0.3, -0.25) is 9.59 Å². The maximum absolute atomic E-state index is 11.8. The second-order valence-corrected chi connectivity index (χ2v) is 7.01. The van der Waals surface area contributed by atoms with E-state index < -0.39 is 21.8 Å². The van der Waals surface area contributed by atoms with Crippen LogP contribution < -0.4 is 15.8 Å². The first kappa shape index (κ1) is 18.2. The lowest BCUT2D eigenvalue weighted by Crippen LogP contribution is -2.29. The van der Waals surface area contributed by atoms with Crippen molar-refractivity contribution in [2.24, 2.45) is 5.14 Å². The maximum atomic E-state index is 11.8. The van der Waals surface area contributed by atoms with E-state index >= 15 is 0 Å². The molecule has 2 amide bonds. The minimum absolute atomic E-state index is 0.113. The van der Waals surface area contributed by atoms with Gasteiger partial charge in [-0.2, -0.15) is 0 Å². The minimum Gasteiger partial charge on any atom is -0.318 e. The van der Waals surface area contributed by atoms with Crippen LogP contribution in [0.25, 0.3) is 0 Å². The highest BCUT2D eigenvalue weighted by atomic mass is 35.5. The van der Waals surface area contributed by atoms with E-state index in [9.17, 15) is 18.0 Å². The van der Waals surface area contributed by atoms with Crippen molar-refractivity contribution in [3.8, 4) is 0 Å². The van der Waals surface area contributed by atoms with Crippen LogP contribution >= 0.6 is 23.2 Å². The number of nitrogens with one attached hydrogen (secondary N) is 2. The van der Waals surface area contributed by atoms with Gasteiger partial charge in [-0.15, -0.1) is 0 Å². The van der Waals surface area contributed by atoms with Crippen molar-refractivity contribution in [1.82, 2.24) is 0 Å². The van der Waals surface area contributed by atoms with Crippen LogP contribution in [-0.4, -0.2) is 20.2 Å². The van der Waals surface area contributed by atoms with Crippen molar-refractivity contribution >= 4 is 56.4 Å². The number of benzene rings is 2. The number of nitrogens with two attached hydrogens (primary N) is 1. The first-order chi connectivity index (χ1) is 11.2. The third kappa shape index (κ3) is 4.68. The van der Waals surface area contributed by atoms with Crippen LogP contribution in [0.1, 0.15) is 0 Å². The van der Waals surface area contributed by atoms with Crippen LogP contribution in [0, 0.1) is 0 Å². The largest absolute Gasteiger partial charge is 0.318 e. The fourth-order valence-corrected chi connectivity index (χ4v) is 2.66. The summed E-state index contributed by atoms with van der Waals surface area (Å²) in [6.07, 6.45) is 0. The summed E-state index contributed by atoms with van der Waals surface area (Å²) in [6, 6.07) is 9.41. The fraction of sp³-hybridized carbons (Fsp3) is 0. The Morgan fingerprint density at radius 3 is 2.04 bits per heavy atom. The summed E-state index contributed by atoms with van der Waals surface area (Å²) in [6.45, 7) is 0. The molecule has 4 N–H and O–H groups in total. The highest BCUT2D eigenvalue weighted by Gasteiger charge is 2.16. The van der Waals surface area contributed by atoms with Crippen molar-refractivity contribution in [3.63, 3.8) is 0 Å². The number of primary sulfonamides is 1. The molecule has 7 nitrogen and oxygen atoms in total. The van der Waals surface area contributed by atoms with E-state index in [1.165, 1.54) is 42.5 Å². The van der Waals surface area contributed by atoms with Crippen LogP contribution in [0.3, 0.4) is 0 Å². The minimum atomic E-state index is -3.83. The van der Waals surface area contributed by atoms with Crippen LogP contribution in [0.4, 0.5) is 11.4 Å². The molecule has 2 aromatic carbocycles. The summed E-state index contributed by atoms with van der Waals surface area (Å²) in [5.41, 5.74) is 0.454. The third-order valence-electron chi connectivity index (χ3n) is 2.83. The molecular formula is C14H11Cl2N3O4S. The lowest BCUT2D eigenvalue weighted by molar-refractivity contribution is -0.132. The van der Waals surface area contributed by atoms with Crippen molar-refractivity contribution in [2.45, 2.75) is 4.90 Å². The fourth-order valence-electron chi connectivity index (χ4n) is 1.69. The number of sulfonamides is 1. The number of carbonyl (C=O) groups is 2. The molecule has 0 heterocycles. The van der Waals surface area contributed by atoms with E-state index in [-0.39, 0.29) is 21.3 Å². The molecule has 0 atom stereocenters. The maximum Gasteiger partial charge on any atom is 0.314 e. The van der Waals surface area contributed by atoms with Gasteiger partial charge in [0.15, 0.2) is 0 Å². The van der Waals surface area contributed by atoms with Crippen LogP contribution in [0.5, 0.6) is 0 Å². The number of anilines is 2. The zero-order valence-corrected chi connectivity index (χ0v) is 14.2. The number of halogens is 2. The van der Waals surface area contributed by atoms with Crippen molar-refractivity contribution in [3.05, 3.63) is 52.5 Å². The lowest BCUT2D eigenvalue weighted by Gasteiger charge is -2.08. The van der Waals surface area contributed by atoms with Crippen LogP contribution in [0.2, 0.25) is 10.0 Å². The number of hydrogen-bond acceptors (Lipinski definition) is 4. The van der Waals surface area contributed by atoms with E-state index in [2.05, 4.69) is 10.6 Å². The summed E-state index contributed by atoms with van der Waals surface area (Å²) in [4.78, 5) is 23.6. The van der Waals surface area contributed by atoms with Gasteiger partial charge in [0.2, 0.25) is 10.0 Å². The van der Waals surface area contributed by atoms with Crippen molar-refractivity contribution in [2.75, 3.05) is 10.6 Å². The second kappa shape index (κ2) is 7.18. The van der Waals surface area contributed by atoms with Gasteiger partial charge in [0.1, 0.15) is 0 Å². The summed E-state index contributed by atoms with van der Waals surface area (Å²) in [5.74, 6) is -1.90. The average molecular weight is 388 g/mol. The Kier molecular flexibility index (Phi) is 5.45. The molecule has 0 saturated carbocycles. The summed E-state index contributed by atoms with van der Waals surface area (Å²) in [5, 5.41) is 10.2. The lowest BCUT2D eigenvalue weighted by atomic mass is 10.3. The van der Waals surface area contributed by atoms with Gasteiger partial charge in [-0.05, 0) is 42.5 Å². The Labute approximate surface area is 147 Å². The van der Waals surface area contributed by atoms with Crippen LogP contribution in [0.15, 0.2) is 47.4 Å². The highest BCUT2D eigenvalue weighted by molar-refractivity contribution is 7.89. The zero-order chi connectivity index (χ0) is 17.9. The van der Waals surface area contributed by atoms with Gasteiger partial charge in [-0.25, -0.2) is 13.6 Å². The number of amides is 2. The van der Waals surface area contributed by atoms with E-state index in [4.69, 9.17) is 28.3 Å². The molecule has 0 aliphatic rings. The van der Waals surface area contributed by atoms with Gasteiger partial charge < -0.3 is 10.6 Å². The molecule has 0 aliphatic carbocycles. The van der Waals surface area contributed by atoms with E-state index in [1.807, 2.05) is 0 Å². The monoisotopic (exact) mass is 387 g/mol. The Morgan fingerprint density at radius 2 is 1.50 bits per heavy atom. The smallest absolute Gasteiger partial charge is 0.314 e. The Hall–Kier alpha value is -2.13. The SMILES string of the molecule is NS(=O)(=O)c1ccc(NC(=O)C(=O)Nc2ccc(Cl)cc2Cl)cc1. The van der Waals surface area contributed by atoms with Crippen molar-refractivity contribution in [1.29, 1.82) is 0 Å². The molecule has 0 fully saturated rings. The first-order valence-electron chi connectivity index (χ1n) is 6.37. The van der Waals surface area contributed by atoms with Crippen molar-refractivity contribution < 1.29 is 18.0 Å². The average Bonchev–Trinajstić information content (AvgIpc) is 2.49. The molecule has 0 bridgehead atoms. The Morgan fingerprint density at radius 1 is 0.917 bits per heavy atom. The summed E-state index contributed by atoms with van der Waals surface area (Å²) >= 11 is 11.6. The standard InChI is InChI=1S/C14H11Cl2N3O4S/c15-8-1-6-12(11(16)7-8)19-14(21)13(20)18-9-2-4-10(5-3-9)24(17,22)23/h1-7H,(H,18,20)(H,19,21)(H2,17,22,23). The first-order valence-corrected chi connectivity index (χ1v) is 8.67. The van der Waals surface area contributed by atoms with Gasteiger partial charge in [0.25, 0.3) is 0 Å². The highest BCUT2D eigenvalue weighted by Crippen LogP contribution is 2.25. The van der Waals surface area contributed by atoms with E-state index in [1.54, 1.807) is 0 Å². The topological polar surface area (TPSA) is 118 Å². The second-order valence-electron chi connectivity index (χ2n) is 4.60. The molecule has 0 saturated heterocycles. The van der Waals surface area contributed by atoms with E-state index in [0.29, 0.717) is 5.02 Å². The van der Waals surface area contributed by atoms with E-state index in [0.717, 1.165) is 0 Å². The molecule has 24 heavy (non-hydrogen) atoms. The molecule has 0 aromatic heterocycles. The zero-order valence-electron chi connectivity index (χ0n) is 11.9. The molecule has 2 aromatic rings. The third-order valence-corrected chi connectivity index (χ3v) is 4.30. The van der Waals surface area contributed by atoms with Gasteiger partial charge in [0, 0.05) is 10.7 Å². The van der Waals surface area contributed by atoms with Gasteiger partial charge >= 0.3 is 11.8 Å². The molecule has 2 rings (SSSR count). The van der Waals surface area contributed by atoms with Crippen LogP contribution in [-0.2, 0) is 19.6 Å². The normalized spacial score (nSPS) is 11.0.